The predicted molar refractivity (Wildman–Crippen MR) is 126 cm³/mol. The van der Waals surface area contributed by atoms with Gasteiger partial charge in [-0.2, -0.15) is 0 Å². The first-order chi connectivity index (χ1) is 15.0. The van der Waals surface area contributed by atoms with Gasteiger partial charge in [0.25, 0.3) is 5.91 Å². The highest BCUT2D eigenvalue weighted by Gasteiger charge is 2.20. The van der Waals surface area contributed by atoms with Gasteiger partial charge in [0.15, 0.2) is 0 Å². The highest BCUT2D eigenvalue weighted by Crippen LogP contribution is 2.19. The highest BCUT2D eigenvalue weighted by atomic mass is 19.1. The van der Waals surface area contributed by atoms with E-state index in [1.165, 1.54) is 17.2 Å². The molecule has 4 rings (SSSR count). The fourth-order valence-electron chi connectivity index (χ4n) is 2.97. The first-order valence-corrected chi connectivity index (χ1v) is 10.8. The van der Waals surface area contributed by atoms with Crippen molar-refractivity contribution in [3.63, 3.8) is 0 Å². The molecule has 0 spiro atoms. The minimum Gasteiger partial charge on any atom is -0.370 e. The average molecular weight is 422 g/mol. The van der Waals surface area contributed by atoms with E-state index in [0.29, 0.717) is 24.4 Å². The minimum atomic E-state index is -0.285. The lowest BCUT2D eigenvalue weighted by Crippen LogP contribution is -2.41. The largest absolute Gasteiger partial charge is 0.370 e. The van der Waals surface area contributed by atoms with Crippen LogP contribution < -0.4 is 4.90 Å². The van der Waals surface area contributed by atoms with E-state index in [-0.39, 0.29) is 18.3 Å². The van der Waals surface area contributed by atoms with Gasteiger partial charge >= 0.3 is 0 Å². The van der Waals surface area contributed by atoms with Crippen molar-refractivity contribution in [1.82, 2.24) is 0 Å². The fraction of sp³-hybridized carbons (Fsp3) is 0.296. The number of halogens is 1. The maximum Gasteiger partial charge on any atom is 0.253 e. The smallest absolute Gasteiger partial charge is 0.253 e. The molecule has 3 nitrogen and oxygen atoms in total. The molecule has 0 unspecified atom stereocenters. The molecule has 1 saturated heterocycles. The Morgan fingerprint density at radius 2 is 1.42 bits per heavy atom. The van der Waals surface area contributed by atoms with Crippen LogP contribution >= 0.6 is 0 Å². The molecule has 1 amide bonds. The zero-order valence-corrected chi connectivity index (χ0v) is 18.7. The molecule has 3 aromatic carbocycles. The van der Waals surface area contributed by atoms with Crippen LogP contribution in [0.15, 0.2) is 78.9 Å². The number of anilines is 1. The first kappa shape index (κ1) is 24.3. The molecule has 0 bridgehead atoms. The van der Waals surface area contributed by atoms with Crippen molar-refractivity contribution < 1.29 is 13.9 Å². The Morgan fingerprint density at radius 3 is 1.84 bits per heavy atom. The van der Waals surface area contributed by atoms with Gasteiger partial charge in [-0.3, -0.25) is 4.79 Å². The number of benzene rings is 3. The first-order valence-electron chi connectivity index (χ1n) is 10.8. The topological polar surface area (TPSA) is 29.5 Å². The van der Waals surface area contributed by atoms with Crippen molar-refractivity contribution >= 4 is 11.6 Å². The van der Waals surface area contributed by atoms with Crippen LogP contribution in [-0.2, 0) is 22.4 Å². The molecular weight excluding hydrogens is 389 g/mol. The number of nitrogens with zero attached hydrogens (tertiary/aromatic N) is 1. The number of hydrogen-bond acceptors (Lipinski definition) is 2. The summed E-state index contributed by atoms with van der Waals surface area (Å²) in [5.74, 6) is -0.406. The Bertz CT molecular complexity index is 874. The van der Waals surface area contributed by atoms with Crippen molar-refractivity contribution in [2.24, 2.45) is 0 Å². The molecular formula is C27H32FNO2. The predicted octanol–water partition coefficient (Wildman–Crippen LogP) is 6.00. The Balaban J connectivity index is 0.000000181. The fourth-order valence-corrected chi connectivity index (χ4v) is 2.97. The molecule has 0 aromatic heterocycles. The Kier molecular flexibility index (Phi) is 10.5. The summed E-state index contributed by atoms with van der Waals surface area (Å²) in [5.41, 5.74) is 4.01. The minimum absolute atomic E-state index is 0.0789. The molecule has 0 aliphatic carbocycles. The van der Waals surface area contributed by atoms with Gasteiger partial charge in [0.2, 0.25) is 0 Å². The van der Waals surface area contributed by atoms with E-state index < -0.39 is 0 Å². The van der Waals surface area contributed by atoms with Crippen molar-refractivity contribution in [3.8, 4) is 0 Å². The summed E-state index contributed by atoms with van der Waals surface area (Å²) in [4.78, 5) is 13.0. The summed E-state index contributed by atoms with van der Waals surface area (Å²) in [7, 11) is 0. The lowest BCUT2D eigenvalue weighted by Gasteiger charge is -2.26. The summed E-state index contributed by atoms with van der Waals surface area (Å²) in [5, 5.41) is 0. The second-order valence-electron chi connectivity index (χ2n) is 7.21. The number of carbonyl (C=O) groups is 1. The molecule has 1 aliphatic heterocycles. The maximum absolute atomic E-state index is 13.3. The van der Waals surface area contributed by atoms with Crippen LogP contribution in [-0.4, -0.2) is 25.7 Å². The average Bonchev–Trinajstić information content (AvgIpc) is 2.83. The molecule has 3 aromatic rings. The van der Waals surface area contributed by atoms with E-state index in [9.17, 15) is 9.18 Å². The molecule has 164 valence electrons. The highest BCUT2D eigenvalue weighted by molar-refractivity contribution is 5.94. The van der Waals surface area contributed by atoms with Crippen molar-refractivity contribution in [2.75, 3.05) is 24.7 Å². The second kappa shape index (κ2) is 13.3. The molecule has 31 heavy (non-hydrogen) atoms. The number of amides is 1. The van der Waals surface area contributed by atoms with Gasteiger partial charge in [-0.15, -0.1) is 0 Å². The third-order valence-electron chi connectivity index (χ3n) is 4.96. The lowest BCUT2D eigenvalue weighted by atomic mass is 10.2. The quantitative estimate of drug-likeness (QED) is 0.519. The number of carbonyl (C=O) groups excluding carboxylic acids is 1. The lowest BCUT2D eigenvalue weighted by molar-refractivity contribution is -0.125. The number of aryl methyl sites for hydroxylation is 3. The van der Waals surface area contributed by atoms with Gasteiger partial charge in [0.05, 0.1) is 6.61 Å². The summed E-state index contributed by atoms with van der Waals surface area (Å²) in [6.07, 6.45) is 2.28. The Morgan fingerprint density at radius 1 is 0.871 bits per heavy atom. The van der Waals surface area contributed by atoms with E-state index in [2.05, 4.69) is 62.4 Å². The van der Waals surface area contributed by atoms with E-state index in [0.717, 1.165) is 12.8 Å². The van der Waals surface area contributed by atoms with Gasteiger partial charge in [-0.05, 0) is 48.6 Å². The molecule has 0 saturated carbocycles. The van der Waals surface area contributed by atoms with Crippen molar-refractivity contribution in [1.29, 1.82) is 0 Å². The van der Waals surface area contributed by atoms with Crippen LogP contribution in [0, 0.1) is 12.7 Å². The molecule has 1 heterocycles. The Hall–Kier alpha value is -2.98. The van der Waals surface area contributed by atoms with E-state index in [4.69, 9.17) is 4.74 Å². The van der Waals surface area contributed by atoms with Gasteiger partial charge < -0.3 is 9.64 Å². The van der Waals surface area contributed by atoms with E-state index >= 15 is 0 Å². The second-order valence-corrected chi connectivity index (χ2v) is 7.21. The van der Waals surface area contributed by atoms with E-state index in [1.807, 2.05) is 12.1 Å². The van der Waals surface area contributed by atoms with Gasteiger partial charge in [-0.1, -0.05) is 80.6 Å². The van der Waals surface area contributed by atoms with Crippen LogP contribution in [0.1, 0.15) is 30.5 Å². The van der Waals surface area contributed by atoms with Crippen LogP contribution in [0.3, 0.4) is 0 Å². The monoisotopic (exact) mass is 421 g/mol. The molecule has 0 atom stereocenters. The summed E-state index contributed by atoms with van der Waals surface area (Å²) in [6.45, 7) is 7.09. The van der Waals surface area contributed by atoms with Crippen LogP contribution in [0.5, 0.6) is 0 Å². The SMILES string of the molecule is CCc1ccccc1.CCc1ccccc1.Cc1ccc(N2CCOCC2=O)cc1F. The normalized spacial score (nSPS) is 12.9. The number of hydrogen-bond donors (Lipinski definition) is 0. The third-order valence-corrected chi connectivity index (χ3v) is 4.96. The van der Waals surface area contributed by atoms with Crippen molar-refractivity contribution in [3.05, 3.63) is 101 Å². The summed E-state index contributed by atoms with van der Waals surface area (Å²) in [6, 6.07) is 25.7. The van der Waals surface area contributed by atoms with Crippen LogP contribution in [0.4, 0.5) is 10.1 Å². The summed E-state index contributed by atoms with van der Waals surface area (Å²) >= 11 is 0. The number of ether oxygens (including phenoxy) is 1. The third kappa shape index (κ3) is 8.35. The van der Waals surface area contributed by atoms with Gasteiger partial charge in [-0.25, -0.2) is 4.39 Å². The Labute approximate surface area is 185 Å². The molecule has 1 aliphatic rings. The zero-order chi connectivity index (χ0) is 22.5. The van der Waals surface area contributed by atoms with Crippen molar-refractivity contribution in [2.45, 2.75) is 33.6 Å². The van der Waals surface area contributed by atoms with E-state index in [1.54, 1.807) is 24.0 Å². The molecule has 1 fully saturated rings. The molecule has 4 heteroatoms. The maximum atomic E-state index is 13.3. The standard InChI is InChI=1S/C11H12FNO2.2C8H10/c1-8-2-3-9(6-10(8)12)13-4-5-15-7-11(13)14;2*1-2-8-6-4-3-5-7-8/h2-3,6H,4-5,7H2,1H3;2*3-7H,2H2,1H3. The van der Waals surface area contributed by atoms with Crippen LogP contribution in [0.25, 0.3) is 0 Å². The zero-order valence-electron chi connectivity index (χ0n) is 18.7. The molecule has 0 radical (unpaired) electrons. The van der Waals surface area contributed by atoms with Gasteiger partial charge in [0, 0.05) is 12.2 Å². The van der Waals surface area contributed by atoms with Gasteiger partial charge in [0.1, 0.15) is 12.4 Å². The number of rotatable bonds is 3. The summed E-state index contributed by atoms with van der Waals surface area (Å²) < 4.78 is 18.3. The van der Waals surface area contributed by atoms with Crippen LogP contribution in [0.2, 0.25) is 0 Å². The molecule has 0 N–H and O–H groups in total. The number of morpholine rings is 1.